The Hall–Kier alpha value is -0.380. The van der Waals surface area contributed by atoms with Crippen molar-refractivity contribution >= 4 is 15.9 Å². The van der Waals surface area contributed by atoms with Crippen LogP contribution in [0.15, 0.2) is 28.7 Å². The fourth-order valence-electron chi connectivity index (χ4n) is 2.67. The molecule has 0 saturated heterocycles. The molecule has 1 N–H and O–H groups in total. The molecule has 0 spiro atoms. The lowest BCUT2D eigenvalue weighted by atomic mass is 9.87. The average Bonchev–Trinajstić information content (AvgIpc) is 2.43. The van der Waals surface area contributed by atoms with E-state index in [1.807, 2.05) is 0 Å². The summed E-state index contributed by atoms with van der Waals surface area (Å²) in [5.74, 6) is 1.32. The first-order valence-corrected chi connectivity index (χ1v) is 8.42. The van der Waals surface area contributed by atoms with Crippen molar-refractivity contribution in [2.75, 3.05) is 26.8 Å². The first kappa shape index (κ1) is 17.7. The normalized spacial score (nSPS) is 14.2. The van der Waals surface area contributed by atoms with Crippen LogP contribution in [0.25, 0.3) is 0 Å². The molecule has 2 unspecified atom stereocenters. The number of ether oxygens (including phenoxy) is 1. The maximum Gasteiger partial charge on any atom is 0.0587 e. The van der Waals surface area contributed by atoms with Gasteiger partial charge in [-0.1, -0.05) is 60.8 Å². The smallest absolute Gasteiger partial charge is 0.0587 e. The average molecular weight is 342 g/mol. The summed E-state index contributed by atoms with van der Waals surface area (Å²) in [7, 11) is 1.75. The fraction of sp³-hybridized carbons (Fsp3) is 0.647. The molecule has 1 aromatic rings. The van der Waals surface area contributed by atoms with Gasteiger partial charge in [-0.3, -0.25) is 0 Å². The topological polar surface area (TPSA) is 21.3 Å². The second kappa shape index (κ2) is 10.4. The van der Waals surface area contributed by atoms with Crippen molar-refractivity contribution < 1.29 is 4.74 Å². The summed E-state index contributed by atoms with van der Waals surface area (Å²) in [6.07, 6.45) is 3.80. The maximum atomic E-state index is 5.10. The number of halogens is 1. The van der Waals surface area contributed by atoms with Crippen molar-refractivity contribution in [1.29, 1.82) is 0 Å². The molecule has 0 bridgehead atoms. The lowest BCUT2D eigenvalue weighted by Gasteiger charge is -2.23. The predicted molar refractivity (Wildman–Crippen MR) is 90.3 cm³/mol. The highest BCUT2D eigenvalue weighted by molar-refractivity contribution is 9.10. The zero-order valence-electron chi connectivity index (χ0n) is 13.0. The standard InChI is InChI=1S/C17H28BrNO/c1-4-7-14(2)12-15(13-19-10-11-20-3)16-8-5-6-9-17(16)18/h5-6,8-9,14-15,19H,4,7,10-13H2,1-3H3. The van der Waals surface area contributed by atoms with Crippen molar-refractivity contribution in [3.63, 3.8) is 0 Å². The minimum absolute atomic E-state index is 0.559. The largest absolute Gasteiger partial charge is 0.383 e. The van der Waals surface area contributed by atoms with Crippen LogP contribution in [0.1, 0.15) is 44.6 Å². The first-order valence-electron chi connectivity index (χ1n) is 7.63. The zero-order valence-corrected chi connectivity index (χ0v) is 14.6. The van der Waals surface area contributed by atoms with Gasteiger partial charge in [-0.05, 0) is 29.9 Å². The summed E-state index contributed by atoms with van der Waals surface area (Å²) in [5, 5.41) is 3.51. The number of nitrogens with one attached hydrogen (secondary N) is 1. The summed E-state index contributed by atoms with van der Waals surface area (Å²) < 4.78 is 6.33. The molecule has 0 heterocycles. The molecular weight excluding hydrogens is 314 g/mol. The lowest BCUT2D eigenvalue weighted by molar-refractivity contribution is 0.198. The Morgan fingerprint density at radius 2 is 2.05 bits per heavy atom. The van der Waals surface area contributed by atoms with E-state index >= 15 is 0 Å². The Morgan fingerprint density at radius 1 is 1.30 bits per heavy atom. The number of methoxy groups -OCH3 is 1. The minimum Gasteiger partial charge on any atom is -0.383 e. The molecule has 0 aliphatic heterocycles. The molecule has 0 aliphatic carbocycles. The van der Waals surface area contributed by atoms with Crippen molar-refractivity contribution in [2.45, 2.75) is 39.0 Å². The molecule has 0 radical (unpaired) electrons. The third-order valence-electron chi connectivity index (χ3n) is 3.69. The lowest BCUT2D eigenvalue weighted by Crippen LogP contribution is -2.26. The summed E-state index contributed by atoms with van der Waals surface area (Å²) >= 11 is 3.70. The van der Waals surface area contributed by atoms with Crippen molar-refractivity contribution in [3.05, 3.63) is 34.3 Å². The van der Waals surface area contributed by atoms with Gasteiger partial charge in [-0.25, -0.2) is 0 Å². The van der Waals surface area contributed by atoms with Crippen LogP contribution >= 0.6 is 15.9 Å². The van der Waals surface area contributed by atoms with Crippen molar-refractivity contribution in [3.8, 4) is 0 Å². The van der Waals surface area contributed by atoms with Gasteiger partial charge in [0.25, 0.3) is 0 Å². The van der Waals surface area contributed by atoms with Gasteiger partial charge < -0.3 is 10.1 Å². The molecule has 0 aliphatic rings. The highest BCUT2D eigenvalue weighted by Gasteiger charge is 2.17. The van der Waals surface area contributed by atoms with E-state index in [-0.39, 0.29) is 0 Å². The van der Waals surface area contributed by atoms with Crippen LogP contribution in [0.5, 0.6) is 0 Å². The Labute approximate surface area is 132 Å². The third-order valence-corrected chi connectivity index (χ3v) is 4.41. The molecule has 0 aromatic heterocycles. The highest BCUT2D eigenvalue weighted by atomic mass is 79.9. The van der Waals surface area contributed by atoms with Gasteiger partial charge in [0.2, 0.25) is 0 Å². The Kier molecular flexibility index (Phi) is 9.16. The molecule has 114 valence electrons. The Bertz CT molecular complexity index is 370. The fourth-order valence-corrected chi connectivity index (χ4v) is 3.28. The van der Waals surface area contributed by atoms with Gasteiger partial charge in [0.15, 0.2) is 0 Å². The zero-order chi connectivity index (χ0) is 14.8. The van der Waals surface area contributed by atoms with Crippen LogP contribution in [-0.2, 0) is 4.74 Å². The van der Waals surface area contributed by atoms with E-state index in [4.69, 9.17) is 4.74 Å². The minimum atomic E-state index is 0.559. The van der Waals surface area contributed by atoms with Gasteiger partial charge in [0.1, 0.15) is 0 Å². The summed E-state index contributed by atoms with van der Waals surface area (Å²) in [5.41, 5.74) is 1.42. The quantitative estimate of drug-likeness (QED) is 0.628. The summed E-state index contributed by atoms with van der Waals surface area (Å²) in [6.45, 7) is 7.33. The SMILES string of the molecule is CCCC(C)CC(CNCCOC)c1ccccc1Br. The monoisotopic (exact) mass is 341 g/mol. The molecule has 0 fully saturated rings. The Balaban J connectivity index is 2.66. The predicted octanol–water partition coefficient (Wildman–Crippen LogP) is 4.60. The second-order valence-corrected chi connectivity index (χ2v) is 6.40. The molecule has 2 nitrogen and oxygen atoms in total. The third kappa shape index (κ3) is 6.38. The van der Waals surface area contributed by atoms with Crippen molar-refractivity contribution in [1.82, 2.24) is 5.32 Å². The molecule has 1 rings (SSSR count). The molecular formula is C17H28BrNO. The van der Waals surface area contributed by atoms with Crippen LogP contribution in [0.2, 0.25) is 0 Å². The molecule has 1 aromatic carbocycles. The first-order chi connectivity index (χ1) is 9.69. The van der Waals surface area contributed by atoms with Gasteiger partial charge >= 0.3 is 0 Å². The van der Waals surface area contributed by atoms with Crippen LogP contribution in [0, 0.1) is 5.92 Å². The second-order valence-electron chi connectivity index (χ2n) is 5.54. The van der Waals surface area contributed by atoms with Gasteiger partial charge in [0, 0.05) is 24.7 Å². The van der Waals surface area contributed by atoms with Gasteiger partial charge in [-0.15, -0.1) is 0 Å². The highest BCUT2D eigenvalue weighted by Crippen LogP contribution is 2.30. The molecule has 2 atom stereocenters. The number of benzene rings is 1. The van der Waals surface area contributed by atoms with Crippen molar-refractivity contribution in [2.24, 2.45) is 5.92 Å². The number of rotatable bonds is 10. The van der Waals surface area contributed by atoms with E-state index in [2.05, 4.69) is 59.4 Å². The summed E-state index contributed by atoms with van der Waals surface area (Å²) in [4.78, 5) is 0. The number of hydrogen-bond donors (Lipinski definition) is 1. The van der Waals surface area contributed by atoms with E-state index in [1.165, 1.54) is 29.3 Å². The van der Waals surface area contributed by atoms with Crippen LogP contribution in [-0.4, -0.2) is 26.8 Å². The summed E-state index contributed by atoms with van der Waals surface area (Å²) in [6, 6.07) is 8.60. The van der Waals surface area contributed by atoms with Crippen LogP contribution in [0.3, 0.4) is 0 Å². The van der Waals surface area contributed by atoms with E-state index in [0.29, 0.717) is 5.92 Å². The van der Waals surface area contributed by atoms with Crippen LogP contribution in [0.4, 0.5) is 0 Å². The van der Waals surface area contributed by atoms with Crippen LogP contribution < -0.4 is 5.32 Å². The van der Waals surface area contributed by atoms with E-state index < -0.39 is 0 Å². The maximum absolute atomic E-state index is 5.10. The van der Waals surface area contributed by atoms with E-state index in [9.17, 15) is 0 Å². The number of hydrogen-bond acceptors (Lipinski definition) is 2. The Morgan fingerprint density at radius 3 is 2.70 bits per heavy atom. The molecule has 20 heavy (non-hydrogen) atoms. The molecule has 0 amide bonds. The van der Waals surface area contributed by atoms with E-state index in [1.54, 1.807) is 7.11 Å². The molecule has 3 heteroatoms. The van der Waals surface area contributed by atoms with E-state index in [0.717, 1.165) is 25.6 Å². The van der Waals surface area contributed by atoms with Gasteiger partial charge in [0.05, 0.1) is 6.61 Å². The van der Waals surface area contributed by atoms with Gasteiger partial charge in [-0.2, -0.15) is 0 Å². The molecule has 0 saturated carbocycles.